The molecule has 0 spiro atoms. The zero-order chi connectivity index (χ0) is 7.07. The molecule has 0 saturated carbocycles. The summed E-state index contributed by atoms with van der Waals surface area (Å²) in [5.41, 5.74) is 2.72. The molecule has 2 rings (SSSR count). The normalized spacial score (nSPS) is 16.0. The van der Waals surface area contributed by atoms with E-state index in [9.17, 15) is 0 Å². The molecule has 1 aliphatic rings. The third-order valence-electron chi connectivity index (χ3n) is 0.975. The van der Waals surface area contributed by atoms with Crippen molar-refractivity contribution in [2.24, 2.45) is 0 Å². The summed E-state index contributed by atoms with van der Waals surface area (Å²) in [6.07, 6.45) is 4.26. The van der Waals surface area contributed by atoms with Crippen molar-refractivity contribution >= 4 is 0 Å². The molecular formula is C6H10N2O2. The molecule has 1 aliphatic heterocycles. The van der Waals surface area contributed by atoms with Gasteiger partial charge in [0.05, 0.1) is 12.8 Å². The van der Waals surface area contributed by atoms with Gasteiger partial charge >= 0.3 is 0 Å². The summed E-state index contributed by atoms with van der Waals surface area (Å²) in [6, 6.07) is 1.72. The predicted molar refractivity (Wildman–Crippen MR) is 35.1 cm³/mol. The van der Waals surface area contributed by atoms with Crippen LogP contribution in [-0.2, 0) is 4.84 Å². The molecule has 0 atom stereocenters. The maximum absolute atomic E-state index is 4.69. The van der Waals surface area contributed by atoms with Crippen molar-refractivity contribution in [1.82, 2.24) is 10.6 Å². The predicted octanol–water partition coefficient (Wildman–Crippen LogP) is 0.586. The second-order valence-corrected chi connectivity index (χ2v) is 1.78. The highest BCUT2D eigenvalue weighted by Gasteiger charge is 1.93. The van der Waals surface area contributed by atoms with Crippen LogP contribution < -0.4 is 5.48 Å². The quantitative estimate of drug-likeness (QED) is 0.575. The van der Waals surface area contributed by atoms with Crippen LogP contribution in [0.4, 0.5) is 0 Å². The van der Waals surface area contributed by atoms with Crippen LogP contribution in [0.5, 0.6) is 0 Å². The minimum atomic E-state index is 0.889. The number of rotatable bonds is 0. The van der Waals surface area contributed by atoms with E-state index in [4.69, 9.17) is 4.84 Å². The van der Waals surface area contributed by atoms with Gasteiger partial charge in [0.1, 0.15) is 6.26 Å². The largest absolute Gasteiger partial charge is 0.365 e. The van der Waals surface area contributed by atoms with Crippen molar-refractivity contribution in [2.45, 2.75) is 6.42 Å². The lowest BCUT2D eigenvalue weighted by atomic mass is 10.5. The molecule has 0 amide bonds. The lowest BCUT2D eigenvalue weighted by Crippen LogP contribution is -2.01. The number of aromatic nitrogens is 1. The summed E-state index contributed by atoms with van der Waals surface area (Å²) in [4.78, 5) is 4.69. The molecule has 0 unspecified atom stereocenters. The minimum Gasteiger partial charge on any atom is -0.365 e. The Hall–Kier alpha value is -0.870. The van der Waals surface area contributed by atoms with Gasteiger partial charge in [-0.15, -0.1) is 0 Å². The SMILES string of the molecule is C1CNOC1.c1cnoc1. The van der Waals surface area contributed by atoms with Gasteiger partial charge in [-0.3, -0.25) is 0 Å². The van der Waals surface area contributed by atoms with Crippen molar-refractivity contribution in [1.29, 1.82) is 0 Å². The van der Waals surface area contributed by atoms with Crippen molar-refractivity contribution in [2.75, 3.05) is 13.2 Å². The molecule has 1 N–H and O–H groups in total. The van der Waals surface area contributed by atoms with Crippen LogP contribution in [-0.4, -0.2) is 18.3 Å². The zero-order valence-electron chi connectivity index (χ0n) is 5.62. The number of hydrogen-bond acceptors (Lipinski definition) is 4. The van der Waals surface area contributed by atoms with E-state index in [0.717, 1.165) is 13.2 Å². The fraction of sp³-hybridized carbons (Fsp3) is 0.500. The van der Waals surface area contributed by atoms with Crippen LogP contribution in [0.15, 0.2) is 23.0 Å². The summed E-state index contributed by atoms with van der Waals surface area (Å²) < 4.78 is 4.33. The van der Waals surface area contributed by atoms with Crippen molar-refractivity contribution in [3.05, 3.63) is 18.5 Å². The second-order valence-electron chi connectivity index (χ2n) is 1.78. The van der Waals surface area contributed by atoms with E-state index in [-0.39, 0.29) is 0 Å². The number of nitrogens with zero attached hydrogens (tertiary/aromatic N) is 1. The standard InChI is InChI=1S/C3H7NO.C3H3NO/c2*1-2-4-5-3-1/h4H,1-3H2;1-3H. The average Bonchev–Trinajstić information content (AvgIpc) is 2.67. The molecule has 0 bridgehead atoms. The van der Waals surface area contributed by atoms with Crippen LogP contribution in [0.1, 0.15) is 6.42 Å². The Labute approximate surface area is 59.1 Å². The van der Waals surface area contributed by atoms with E-state index >= 15 is 0 Å². The summed E-state index contributed by atoms with van der Waals surface area (Å²) in [6.45, 7) is 1.92. The number of nitrogens with one attached hydrogen (secondary N) is 1. The van der Waals surface area contributed by atoms with Crippen LogP contribution in [0, 0.1) is 0 Å². The fourth-order valence-electron chi connectivity index (χ4n) is 0.537. The molecule has 1 aromatic heterocycles. The fourth-order valence-corrected chi connectivity index (χ4v) is 0.537. The Bertz CT molecular complexity index is 113. The van der Waals surface area contributed by atoms with Gasteiger partial charge in [-0.1, -0.05) is 5.16 Å². The molecule has 1 saturated heterocycles. The van der Waals surface area contributed by atoms with Gasteiger partial charge in [0, 0.05) is 6.54 Å². The van der Waals surface area contributed by atoms with Crippen LogP contribution in [0.3, 0.4) is 0 Å². The molecule has 4 nitrogen and oxygen atoms in total. The van der Waals surface area contributed by atoms with Gasteiger partial charge in [-0.05, 0) is 12.5 Å². The molecule has 1 aromatic rings. The topological polar surface area (TPSA) is 47.3 Å². The van der Waals surface area contributed by atoms with Crippen LogP contribution in [0.25, 0.3) is 0 Å². The first-order valence-electron chi connectivity index (χ1n) is 3.19. The maximum atomic E-state index is 4.69. The molecule has 0 aliphatic carbocycles. The van der Waals surface area contributed by atoms with Crippen LogP contribution >= 0.6 is 0 Å². The third kappa shape index (κ3) is 3.21. The highest BCUT2D eigenvalue weighted by Crippen LogP contribution is 1.83. The minimum absolute atomic E-state index is 0.889. The summed E-state index contributed by atoms with van der Waals surface area (Å²) >= 11 is 0. The Morgan fingerprint density at radius 3 is 2.70 bits per heavy atom. The van der Waals surface area contributed by atoms with Crippen molar-refractivity contribution in [3.63, 3.8) is 0 Å². The van der Waals surface area contributed by atoms with E-state index in [0.29, 0.717) is 0 Å². The Balaban J connectivity index is 0.0000001000. The average molecular weight is 142 g/mol. The van der Waals surface area contributed by atoms with Gasteiger partial charge in [0.25, 0.3) is 0 Å². The lowest BCUT2D eigenvalue weighted by molar-refractivity contribution is 0.103. The summed E-state index contributed by atoms with van der Waals surface area (Å²) in [7, 11) is 0. The van der Waals surface area contributed by atoms with Gasteiger partial charge in [0.2, 0.25) is 0 Å². The van der Waals surface area contributed by atoms with Crippen molar-refractivity contribution < 1.29 is 9.36 Å². The van der Waals surface area contributed by atoms with Gasteiger partial charge in [0.15, 0.2) is 0 Å². The lowest BCUT2D eigenvalue weighted by Gasteiger charge is -1.80. The molecule has 1 fully saturated rings. The van der Waals surface area contributed by atoms with E-state index in [2.05, 4.69) is 15.2 Å². The maximum Gasteiger partial charge on any atom is 0.123 e. The van der Waals surface area contributed by atoms with Crippen molar-refractivity contribution in [3.8, 4) is 0 Å². The Morgan fingerprint density at radius 2 is 2.50 bits per heavy atom. The molecule has 0 aromatic carbocycles. The first-order chi connectivity index (χ1) is 5.00. The van der Waals surface area contributed by atoms with E-state index in [1.807, 2.05) is 0 Å². The third-order valence-corrected chi connectivity index (χ3v) is 0.975. The van der Waals surface area contributed by atoms with Gasteiger partial charge in [-0.2, -0.15) is 0 Å². The highest BCUT2D eigenvalue weighted by atomic mass is 16.6. The Kier molecular flexibility index (Phi) is 3.59. The van der Waals surface area contributed by atoms with E-state index < -0.39 is 0 Å². The molecule has 2 heterocycles. The molecular weight excluding hydrogens is 132 g/mol. The van der Waals surface area contributed by atoms with Gasteiger partial charge in [-0.25, -0.2) is 5.48 Å². The molecule has 0 radical (unpaired) electrons. The van der Waals surface area contributed by atoms with Crippen LogP contribution in [0.2, 0.25) is 0 Å². The molecule has 56 valence electrons. The number of hydrogen-bond donors (Lipinski definition) is 1. The monoisotopic (exact) mass is 142 g/mol. The molecule has 4 heteroatoms. The second kappa shape index (κ2) is 4.96. The molecule has 10 heavy (non-hydrogen) atoms. The number of hydroxylamine groups is 1. The first kappa shape index (κ1) is 7.24. The summed E-state index contributed by atoms with van der Waals surface area (Å²) in [5, 5.41) is 3.35. The first-order valence-corrected chi connectivity index (χ1v) is 3.19. The van der Waals surface area contributed by atoms with Gasteiger partial charge < -0.3 is 9.36 Å². The summed E-state index contributed by atoms with van der Waals surface area (Å²) in [5.74, 6) is 0. The Morgan fingerprint density at radius 1 is 1.50 bits per heavy atom. The van der Waals surface area contributed by atoms with E-state index in [1.54, 1.807) is 12.3 Å². The smallest absolute Gasteiger partial charge is 0.123 e. The zero-order valence-corrected chi connectivity index (χ0v) is 5.62. The van der Waals surface area contributed by atoms with E-state index in [1.165, 1.54) is 12.7 Å². The highest BCUT2D eigenvalue weighted by molar-refractivity contribution is 4.67.